The SMILES string of the molecule is CC(=O)c1cc(C(=O)NCC[S@](=O)C(C)(C)C)n(C)c1. The molecule has 0 bridgehead atoms. The van der Waals surface area contributed by atoms with Crippen LogP contribution in [0.3, 0.4) is 0 Å². The van der Waals surface area contributed by atoms with E-state index in [1.807, 2.05) is 20.8 Å². The molecule has 0 aromatic carbocycles. The van der Waals surface area contributed by atoms with Crippen molar-refractivity contribution >= 4 is 22.5 Å². The first-order valence-corrected chi connectivity index (χ1v) is 7.79. The molecule has 0 saturated carbocycles. The zero-order chi connectivity index (χ0) is 15.5. The molecule has 1 aromatic heterocycles. The van der Waals surface area contributed by atoms with Crippen LogP contribution in [0.15, 0.2) is 12.3 Å². The van der Waals surface area contributed by atoms with Crippen LogP contribution in [0.1, 0.15) is 48.5 Å². The topological polar surface area (TPSA) is 68.2 Å². The van der Waals surface area contributed by atoms with Gasteiger partial charge in [0.25, 0.3) is 5.91 Å². The molecule has 112 valence electrons. The summed E-state index contributed by atoms with van der Waals surface area (Å²) in [5, 5.41) is 2.73. The van der Waals surface area contributed by atoms with Crippen LogP contribution in [0.4, 0.5) is 0 Å². The molecule has 0 aliphatic rings. The lowest BCUT2D eigenvalue weighted by Gasteiger charge is -2.17. The van der Waals surface area contributed by atoms with Gasteiger partial charge in [-0.25, -0.2) is 0 Å². The van der Waals surface area contributed by atoms with Crippen molar-refractivity contribution in [2.24, 2.45) is 7.05 Å². The number of hydrogen-bond acceptors (Lipinski definition) is 3. The lowest BCUT2D eigenvalue weighted by atomic mass is 10.2. The van der Waals surface area contributed by atoms with E-state index in [-0.39, 0.29) is 16.4 Å². The molecule has 1 heterocycles. The number of carbonyl (C=O) groups is 2. The monoisotopic (exact) mass is 298 g/mol. The van der Waals surface area contributed by atoms with Gasteiger partial charge in [0.15, 0.2) is 5.78 Å². The highest BCUT2D eigenvalue weighted by Gasteiger charge is 2.19. The maximum Gasteiger partial charge on any atom is 0.267 e. The maximum atomic E-state index is 12.0. The molecule has 0 aliphatic carbocycles. The zero-order valence-electron chi connectivity index (χ0n) is 12.6. The Labute approximate surface area is 122 Å². The molecule has 0 aliphatic heterocycles. The number of carbonyl (C=O) groups excluding carboxylic acids is 2. The van der Waals surface area contributed by atoms with E-state index in [1.54, 1.807) is 23.9 Å². The highest BCUT2D eigenvalue weighted by atomic mass is 32.2. The Kier molecular flexibility index (Phi) is 5.28. The molecule has 5 nitrogen and oxygen atoms in total. The van der Waals surface area contributed by atoms with Crippen molar-refractivity contribution in [1.29, 1.82) is 0 Å². The molecule has 1 rings (SSSR count). The molecule has 1 aromatic rings. The van der Waals surface area contributed by atoms with E-state index in [4.69, 9.17) is 0 Å². The number of nitrogens with one attached hydrogen (secondary N) is 1. The standard InChI is InChI=1S/C14H22N2O3S/c1-10(17)11-8-12(16(5)9-11)13(18)15-6-7-20(19)14(2,3)4/h8-9H,6-7H2,1-5H3,(H,15,18)/t20-/m0/s1. The molecule has 1 N–H and O–H groups in total. The number of Topliss-reactive ketones (excluding diaryl/α,β-unsaturated/α-hetero) is 1. The summed E-state index contributed by atoms with van der Waals surface area (Å²) < 4.78 is 13.2. The third kappa shape index (κ3) is 4.30. The Bertz CT molecular complexity index is 541. The summed E-state index contributed by atoms with van der Waals surface area (Å²) in [7, 11) is 0.724. The third-order valence-electron chi connectivity index (χ3n) is 2.90. The third-order valence-corrected chi connectivity index (χ3v) is 4.84. The molecule has 0 fully saturated rings. The van der Waals surface area contributed by atoms with Crippen LogP contribution in [0, 0.1) is 0 Å². The highest BCUT2D eigenvalue weighted by Crippen LogP contribution is 2.11. The van der Waals surface area contributed by atoms with Crippen molar-refractivity contribution < 1.29 is 13.8 Å². The van der Waals surface area contributed by atoms with Crippen LogP contribution in [-0.2, 0) is 17.8 Å². The van der Waals surface area contributed by atoms with Gasteiger partial charge in [-0.3, -0.25) is 13.8 Å². The molecule has 0 saturated heterocycles. The van der Waals surface area contributed by atoms with E-state index in [9.17, 15) is 13.8 Å². The fourth-order valence-corrected chi connectivity index (χ4v) is 2.54. The molecular formula is C14H22N2O3S. The number of aryl methyl sites for hydroxylation is 1. The van der Waals surface area contributed by atoms with Crippen molar-refractivity contribution in [3.8, 4) is 0 Å². The molecule has 0 spiro atoms. The summed E-state index contributed by atoms with van der Waals surface area (Å²) >= 11 is 0. The highest BCUT2D eigenvalue weighted by molar-refractivity contribution is 7.86. The lowest BCUT2D eigenvalue weighted by molar-refractivity contribution is 0.0947. The predicted octanol–water partition coefficient (Wildman–Crippen LogP) is 1.50. The van der Waals surface area contributed by atoms with Gasteiger partial charge in [0, 0.05) is 46.7 Å². The summed E-state index contributed by atoms with van der Waals surface area (Å²) in [6, 6.07) is 1.57. The molecule has 1 atom stereocenters. The molecule has 0 unspecified atom stereocenters. The average molecular weight is 298 g/mol. The predicted molar refractivity (Wildman–Crippen MR) is 80.5 cm³/mol. The first-order valence-electron chi connectivity index (χ1n) is 6.47. The van der Waals surface area contributed by atoms with Crippen LogP contribution in [0.2, 0.25) is 0 Å². The van der Waals surface area contributed by atoms with Crippen LogP contribution < -0.4 is 5.32 Å². The van der Waals surface area contributed by atoms with Gasteiger partial charge >= 0.3 is 0 Å². The molecule has 1 amide bonds. The van der Waals surface area contributed by atoms with Crippen molar-refractivity contribution in [3.63, 3.8) is 0 Å². The Hall–Kier alpha value is -1.43. The lowest BCUT2D eigenvalue weighted by Crippen LogP contribution is -2.33. The van der Waals surface area contributed by atoms with Gasteiger partial charge in [0.2, 0.25) is 0 Å². The van der Waals surface area contributed by atoms with Gasteiger partial charge < -0.3 is 9.88 Å². The number of aromatic nitrogens is 1. The Morgan fingerprint density at radius 3 is 2.40 bits per heavy atom. The van der Waals surface area contributed by atoms with Gasteiger partial charge in [-0.1, -0.05) is 0 Å². The minimum absolute atomic E-state index is 0.0755. The second-order valence-corrected chi connectivity index (χ2v) is 8.02. The Morgan fingerprint density at radius 1 is 1.35 bits per heavy atom. The zero-order valence-corrected chi connectivity index (χ0v) is 13.5. The van der Waals surface area contributed by atoms with Gasteiger partial charge in [0.1, 0.15) is 5.69 Å². The van der Waals surface area contributed by atoms with E-state index in [0.29, 0.717) is 23.6 Å². The second-order valence-electron chi connectivity index (χ2n) is 5.70. The summed E-state index contributed by atoms with van der Waals surface area (Å²) in [5.74, 6) is 0.0820. The van der Waals surface area contributed by atoms with E-state index in [2.05, 4.69) is 5.32 Å². The van der Waals surface area contributed by atoms with Crippen LogP contribution >= 0.6 is 0 Å². The van der Waals surface area contributed by atoms with E-state index in [0.717, 1.165) is 0 Å². The van der Waals surface area contributed by atoms with E-state index in [1.165, 1.54) is 6.92 Å². The van der Waals surface area contributed by atoms with E-state index < -0.39 is 10.8 Å². The fraction of sp³-hybridized carbons (Fsp3) is 0.571. The molecule has 6 heteroatoms. The van der Waals surface area contributed by atoms with Crippen molar-refractivity contribution in [2.75, 3.05) is 12.3 Å². The van der Waals surface area contributed by atoms with Gasteiger partial charge in [-0.05, 0) is 33.8 Å². The summed E-state index contributed by atoms with van der Waals surface area (Å²) in [6.07, 6.45) is 1.63. The van der Waals surface area contributed by atoms with Crippen molar-refractivity contribution in [2.45, 2.75) is 32.4 Å². The number of ketones is 1. The first kappa shape index (κ1) is 16.6. The second kappa shape index (κ2) is 6.35. The summed E-state index contributed by atoms with van der Waals surface area (Å²) in [5.41, 5.74) is 0.938. The number of rotatable bonds is 5. The number of amides is 1. The molecule has 20 heavy (non-hydrogen) atoms. The first-order chi connectivity index (χ1) is 9.12. The van der Waals surface area contributed by atoms with Crippen molar-refractivity contribution in [3.05, 3.63) is 23.5 Å². The normalized spacial score (nSPS) is 13.1. The largest absolute Gasteiger partial charge is 0.350 e. The van der Waals surface area contributed by atoms with Crippen molar-refractivity contribution in [1.82, 2.24) is 9.88 Å². The smallest absolute Gasteiger partial charge is 0.267 e. The Balaban J connectivity index is 2.60. The minimum Gasteiger partial charge on any atom is -0.350 e. The summed E-state index contributed by atoms with van der Waals surface area (Å²) in [6.45, 7) is 7.52. The number of nitrogens with zero attached hydrogens (tertiary/aromatic N) is 1. The van der Waals surface area contributed by atoms with Gasteiger partial charge in [-0.15, -0.1) is 0 Å². The maximum absolute atomic E-state index is 12.0. The van der Waals surface area contributed by atoms with Gasteiger partial charge in [-0.2, -0.15) is 0 Å². The quantitative estimate of drug-likeness (QED) is 0.838. The average Bonchev–Trinajstić information content (AvgIpc) is 2.70. The van der Waals surface area contributed by atoms with E-state index >= 15 is 0 Å². The Morgan fingerprint density at radius 2 is 1.95 bits per heavy atom. The van der Waals surface area contributed by atoms with Crippen LogP contribution in [-0.4, -0.2) is 37.5 Å². The minimum atomic E-state index is -0.993. The van der Waals surface area contributed by atoms with Gasteiger partial charge in [0.05, 0.1) is 0 Å². The molecule has 0 radical (unpaired) electrons. The fourth-order valence-electron chi connectivity index (χ4n) is 1.64. The number of hydrogen-bond donors (Lipinski definition) is 1. The van der Waals surface area contributed by atoms with Crippen LogP contribution in [0.5, 0.6) is 0 Å². The molecular weight excluding hydrogens is 276 g/mol. The summed E-state index contributed by atoms with van der Waals surface area (Å²) in [4.78, 5) is 23.3. The van der Waals surface area contributed by atoms with Crippen LogP contribution in [0.25, 0.3) is 0 Å².